The van der Waals surface area contributed by atoms with Gasteiger partial charge in [-0.2, -0.15) is 0 Å². The summed E-state index contributed by atoms with van der Waals surface area (Å²) >= 11 is 6.25. The quantitative estimate of drug-likeness (QED) is 0.934. The van der Waals surface area contributed by atoms with Crippen LogP contribution < -0.4 is 14.8 Å². The molecule has 0 bridgehead atoms. The fourth-order valence-corrected chi connectivity index (χ4v) is 2.72. The van der Waals surface area contributed by atoms with Gasteiger partial charge in [-0.3, -0.25) is 4.79 Å². The Hall–Kier alpha value is -2.20. The van der Waals surface area contributed by atoms with E-state index >= 15 is 0 Å². The molecule has 120 valence electrons. The van der Waals surface area contributed by atoms with Gasteiger partial charge in [-0.15, -0.1) is 0 Å². The smallest absolute Gasteiger partial charge is 0.224 e. The molecule has 0 radical (unpaired) electrons. The number of amides is 1. The summed E-state index contributed by atoms with van der Waals surface area (Å²) < 4.78 is 11.2. The number of benzene rings is 2. The first-order valence-corrected chi connectivity index (χ1v) is 7.99. The maximum atomic E-state index is 12.0. The van der Waals surface area contributed by atoms with Crippen molar-refractivity contribution in [2.24, 2.45) is 0 Å². The monoisotopic (exact) mass is 331 g/mol. The molecule has 5 heteroatoms. The van der Waals surface area contributed by atoms with E-state index in [9.17, 15) is 4.79 Å². The van der Waals surface area contributed by atoms with Gasteiger partial charge in [0.1, 0.15) is 0 Å². The summed E-state index contributed by atoms with van der Waals surface area (Å²) in [5.41, 5.74) is 1.88. The summed E-state index contributed by atoms with van der Waals surface area (Å²) in [5, 5.41) is 3.41. The van der Waals surface area contributed by atoms with Crippen LogP contribution in [-0.4, -0.2) is 19.1 Å². The molecule has 0 fully saturated rings. The molecule has 1 aliphatic heterocycles. The van der Waals surface area contributed by atoms with E-state index in [4.69, 9.17) is 21.1 Å². The van der Waals surface area contributed by atoms with Crippen LogP contribution in [0.2, 0.25) is 5.02 Å². The van der Waals surface area contributed by atoms with Crippen LogP contribution in [-0.2, 0) is 17.8 Å². The third kappa shape index (κ3) is 4.17. The Labute approximate surface area is 140 Å². The Morgan fingerprint density at radius 2 is 1.87 bits per heavy atom. The lowest BCUT2D eigenvalue weighted by Gasteiger charge is -2.12. The van der Waals surface area contributed by atoms with Crippen molar-refractivity contribution < 1.29 is 14.3 Å². The topological polar surface area (TPSA) is 47.6 Å². The van der Waals surface area contributed by atoms with Crippen molar-refractivity contribution in [1.29, 1.82) is 0 Å². The van der Waals surface area contributed by atoms with Crippen LogP contribution in [0.4, 0.5) is 0 Å². The van der Waals surface area contributed by atoms with Gasteiger partial charge in [0.2, 0.25) is 5.91 Å². The van der Waals surface area contributed by atoms with E-state index in [0.29, 0.717) is 42.7 Å². The molecule has 4 nitrogen and oxygen atoms in total. The van der Waals surface area contributed by atoms with E-state index in [0.717, 1.165) is 17.5 Å². The minimum absolute atomic E-state index is 0.0283. The number of hydrogen-bond acceptors (Lipinski definition) is 3. The lowest BCUT2D eigenvalue weighted by atomic mass is 10.1. The van der Waals surface area contributed by atoms with Gasteiger partial charge in [0.15, 0.2) is 11.5 Å². The molecule has 0 aromatic heterocycles. The maximum absolute atomic E-state index is 12.0. The van der Waals surface area contributed by atoms with E-state index in [2.05, 4.69) is 5.32 Å². The van der Waals surface area contributed by atoms with Crippen LogP contribution in [0.3, 0.4) is 0 Å². The van der Waals surface area contributed by atoms with Crippen molar-refractivity contribution in [3.8, 4) is 11.5 Å². The molecular formula is C18H18ClNO3. The Balaban J connectivity index is 1.63. The van der Waals surface area contributed by atoms with Crippen molar-refractivity contribution in [3.05, 3.63) is 58.6 Å². The van der Waals surface area contributed by atoms with Gasteiger partial charge in [0.05, 0.1) is 24.7 Å². The van der Waals surface area contributed by atoms with Crippen molar-refractivity contribution >= 4 is 17.5 Å². The Kier molecular flexibility index (Phi) is 5.03. The molecule has 1 heterocycles. The number of carbonyl (C=O) groups excluding carboxylic acids is 1. The number of carbonyl (C=O) groups is 1. The van der Waals surface area contributed by atoms with Crippen molar-refractivity contribution in [2.45, 2.75) is 19.4 Å². The molecule has 0 unspecified atom stereocenters. The van der Waals surface area contributed by atoms with E-state index in [-0.39, 0.29) is 5.91 Å². The fourth-order valence-electron chi connectivity index (χ4n) is 2.43. The average molecular weight is 332 g/mol. The second-order valence-electron chi connectivity index (χ2n) is 5.39. The molecule has 0 atom stereocenters. The first-order chi connectivity index (χ1) is 11.2. The zero-order valence-corrected chi connectivity index (χ0v) is 13.4. The van der Waals surface area contributed by atoms with Gasteiger partial charge < -0.3 is 14.8 Å². The highest BCUT2D eigenvalue weighted by Gasteiger charge is 2.15. The fraction of sp³-hybridized carbons (Fsp3) is 0.278. The third-order valence-electron chi connectivity index (χ3n) is 3.56. The van der Waals surface area contributed by atoms with E-state index in [1.807, 2.05) is 36.4 Å². The molecule has 2 aromatic carbocycles. The summed E-state index contributed by atoms with van der Waals surface area (Å²) in [6, 6.07) is 13.3. The zero-order valence-electron chi connectivity index (χ0n) is 12.7. The van der Waals surface area contributed by atoms with Crippen molar-refractivity contribution in [3.63, 3.8) is 0 Å². The molecule has 1 aliphatic rings. The highest BCUT2D eigenvalue weighted by Crippen LogP contribution is 2.37. The first-order valence-electron chi connectivity index (χ1n) is 7.61. The van der Waals surface area contributed by atoms with E-state index < -0.39 is 0 Å². The van der Waals surface area contributed by atoms with Gasteiger partial charge in [-0.1, -0.05) is 41.9 Å². The van der Waals surface area contributed by atoms with Gasteiger partial charge in [-0.05, 0) is 23.3 Å². The maximum Gasteiger partial charge on any atom is 0.224 e. The van der Waals surface area contributed by atoms with Crippen LogP contribution in [0.5, 0.6) is 11.5 Å². The highest BCUT2D eigenvalue weighted by atomic mass is 35.5. The number of hydrogen-bond donors (Lipinski definition) is 1. The predicted molar refractivity (Wildman–Crippen MR) is 89.1 cm³/mol. The van der Waals surface area contributed by atoms with Crippen LogP contribution >= 0.6 is 11.6 Å². The molecule has 0 spiro atoms. The van der Waals surface area contributed by atoms with Gasteiger partial charge in [-0.25, -0.2) is 0 Å². The number of fused-ring (bicyclic) bond motifs is 1. The Morgan fingerprint density at radius 1 is 1.09 bits per heavy atom. The molecule has 23 heavy (non-hydrogen) atoms. The number of ether oxygens (including phenoxy) is 2. The minimum Gasteiger partial charge on any atom is -0.489 e. The largest absolute Gasteiger partial charge is 0.489 e. The SMILES string of the molecule is O=C(Cc1ccccc1)NCc1cc(Cl)c2c(c1)OCCCO2. The van der Waals surface area contributed by atoms with Crippen molar-refractivity contribution in [2.75, 3.05) is 13.2 Å². The molecule has 2 aromatic rings. The molecule has 3 rings (SSSR count). The standard InChI is InChI=1S/C18H18ClNO3/c19-15-9-14(10-16-18(15)23-8-4-7-22-16)12-20-17(21)11-13-5-2-1-3-6-13/h1-3,5-6,9-10H,4,7-8,11-12H2,(H,20,21). The summed E-state index contributed by atoms with van der Waals surface area (Å²) in [4.78, 5) is 12.0. The Morgan fingerprint density at radius 3 is 2.70 bits per heavy atom. The van der Waals surface area contributed by atoms with Crippen LogP contribution in [0.15, 0.2) is 42.5 Å². The molecular weight excluding hydrogens is 314 g/mol. The lowest BCUT2D eigenvalue weighted by molar-refractivity contribution is -0.120. The number of halogens is 1. The van der Waals surface area contributed by atoms with Crippen LogP contribution in [0, 0.1) is 0 Å². The molecule has 0 saturated carbocycles. The molecule has 0 saturated heterocycles. The lowest BCUT2D eigenvalue weighted by Crippen LogP contribution is -2.24. The Bertz CT molecular complexity index is 688. The summed E-state index contributed by atoms with van der Waals surface area (Å²) in [6.45, 7) is 1.61. The third-order valence-corrected chi connectivity index (χ3v) is 3.84. The zero-order chi connectivity index (χ0) is 16.1. The molecule has 0 aliphatic carbocycles. The number of rotatable bonds is 4. The predicted octanol–water partition coefficient (Wildman–Crippen LogP) is 3.36. The normalized spacial score (nSPS) is 13.3. The summed E-state index contributed by atoms with van der Waals surface area (Å²) in [6.07, 6.45) is 1.19. The summed E-state index contributed by atoms with van der Waals surface area (Å²) in [5.74, 6) is 1.20. The van der Waals surface area contributed by atoms with Gasteiger partial charge >= 0.3 is 0 Å². The summed E-state index contributed by atoms with van der Waals surface area (Å²) in [7, 11) is 0. The highest BCUT2D eigenvalue weighted by molar-refractivity contribution is 6.32. The first kappa shape index (κ1) is 15.7. The molecule has 1 N–H and O–H groups in total. The number of nitrogens with one attached hydrogen (secondary N) is 1. The van der Waals surface area contributed by atoms with Gasteiger partial charge in [0, 0.05) is 13.0 Å². The van der Waals surface area contributed by atoms with E-state index in [1.54, 1.807) is 6.07 Å². The minimum atomic E-state index is -0.0283. The second-order valence-corrected chi connectivity index (χ2v) is 5.80. The average Bonchev–Trinajstić information content (AvgIpc) is 2.80. The van der Waals surface area contributed by atoms with Crippen LogP contribution in [0.25, 0.3) is 0 Å². The van der Waals surface area contributed by atoms with Crippen molar-refractivity contribution in [1.82, 2.24) is 5.32 Å². The van der Waals surface area contributed by atoms with Crippen LogP contribution in [0.1, 0.15) is 17.5 Å². The van der Waals surface area contributed by atoms with Gasteiger partial charge in [0.25, 0.3) is 0 Å². The second kappa shape index (κ2) is 7.38. The van der Waals surface area contributed by atoms with E-state index in [1.165, 1.54) is 0 Å². The molecule has 1 amide bonds.